The van der Waals surface area contributed by atoms with Crippen LogP contribution >= 0.6 is 0 Å². The Balaban J connectivity index is 1.73. The summed E-state index contributed by atoms with van der Waals surface area (Å²) < 4.78 is 15.9. The van der Waals surface area contributed by atoms with Crippen LogP contribution in [0.15, 0.2) is 48.5 Å². The quantitative estimate of drug-likeness (QED) is 0.729. The lowest BCUT2D eigenvalue weighted by atomic mass is 10.2. The zero-order valence-corrected chi connectivity index (χ0v) is 13.9. The summed E-state index contributed by atoms with van der Waals surface area (Å²) in [5.41, 5.74) is 0.551. The van der Waals surface area contributed by atoms with E-state index in [0.29, 0.717) is 36.8 Å². The molecule has 0 saturated carbocycles. The lowest BCUT2D eigenvalue weighted by Gasteiger charge is -2.12. The van der Waals surface area contributed by atoms with E-state index in [0.717, 1.165) is 5.75 Å². The van der Waals surface area contributed by atoms with Gasteiger partial charge in [0.25, 0.3) is 0 Å². The summed E-state index contributed by atoms with van der Waals surface area (Å²) in [5.74, 6) is 2.03. The number of para-hydroxylation sites is 1. The van der Waals surface area contributed by atoms with E-state index in [4.69, 9.17) is 14.2 Å². The highest BCUT2D eigenvalue weighted by Gasteiger charge is 2.08. The highest BCUT2D eigenvalue weighted by Crippen LogP contribution is 2.28. The van der Waals surface area contributed by atoms with Gasteiger partial charge in [-0.2, -0.15) is 0 Å². The minimum Gasteiger partial charge on any atom is -0.497 e. The number of carbonyl (C=O) groups is 1. The van der Waals surface area contributed by atoms with Crippen molar-refractivity contribution in [3.63, 3.8) is 0 Å². The molecular formula is C18H22N2O4. The van der Waals surface area contributed by atoms with E-state index in [1.165, 1.54) is 0 Å². The molecule has 6 heteroatoms. The molecule has 6 nitrogen and oxygen atoms in total. The van der Waals surface area contributed by atoms with Crippen molar-refractivity contribution in [3.05, 3.63) is 48.5 Å². The smallest absolute Gasteiger partial charge is 0.319 e. The summed E-state index contributed by atoms with van der Waals surface area (Å²) in [6.45, 7) is 1.04. The summed E-state index contributed by atoms with van der Waals surface area (Å²) >= 11 is 0. The molecule has 0 radical (unpaired) electrons. The molecule has 0 unspecified atom stereocenters. The van der Waals surface area contributed by atoms with Crippen molar-refractivity contribution in [2.45, 2.75) is 6.42 Å². The minimum absolute atomic E-state index is 0.304. The topological polar surface area (TPSA) is 68.8 Å². The normalized spacial score (nSPS) is 9.92. The van der Waals surface area contributed by atoms with Crippen molar-refractivity contribution in [2.75, 3.05) is 32.7 Å². The number of rotatable bonds is 8. The molecule has 0 aliphatic rings. The molecule has 24 heavy (non-hydrogen) atoms. The van der Waals surface area contributed by atoms with Gasteiger partial charge < -0.3 is 24.8 Å². The van der Waals surface area contributed by atoms with E-state index in [1.54, 1.807) is 32.4 Å². The fourth-order valence-corrected chi connectivity index (χ4v) is 2.06. The molecule has 0 spiro atoms. The first-order valence-electron chi connectivity index (χ1n) is 7.67. The second-order valence-electron chi connectivity index (χ2n) is 4.96. The Bertz CT molecular complexity index is 647. The van der Waals surface area contributed by atoms with Gasteiger partial charge in [-0.25, -0.2) is 4.79 Å². The molecule has 128 valence electrons. The second kappa shape index (κ2) is 9.29. The Hall–Kier alpha value is -2.89. The first kappa shape index (κ1) is 17.5. The summed E-state index contributed by atoms with van der Waals surface area (Å²) in [6, 6.07) is 14.5. The summed E-state index contributed by atoms with van der Waals surface area (Å²) in [5, 5.41) is 5.53. The third-order valence-electron chi connectivity index (χ3n) is 3.27. The third kappa shape index (κ3) is 5.39. The van der Waals surface area contributed by atoms with Gasteiger partial charge in [-0.1, -0.05) is 18.2 Å². The maximum absolute atomic E-state index is 12.0. The van der Waals surface area contributed by atoms with Crippen LogP contribution in [0.3, 0.4) is 0 Å². The molecule has 0 aliphatic carbocycles. The van der Waals surface area contributed by atoms with E-state index in [-0.39, 0.29) is 6.03 Å². The Morgan fingerprint density at radius 1 is 1.00 bits per heavy atom. The van der Waals surface area contributed by atoms with Crippen molar-refractivity contribution in [2.24, 2.45) is 0 Å². The average Bonchev–Trinajstić information content (AvgIpc) is 2.62. The van der Waals surface area contributed by atoms with Crippen LogP contribution in [0.1, 0.15) is 6.42 Å². The number of amides is 2. The van der Waals surface area contributed by atoms with Crippen LogP contribution in [-0.2, 0) is 0 Å². The average molecular weight is 330 g/mol. The van der Waals surface area contributed by atoms with E-state index in [2.05, 4.69) is 10.6 Å². The van der Waals surface area contributed by atoms with Crippen LogP contribution in [-0.4, -0.2) is 33.4 Å². The van der Waals surface area contributed by atoms with E-state index >= 15 is 0 Å². The first-order chi connectivity index (χ1) is 11.7. The molecule has 0 saturated heterocycles. The van der Waals surface area contributed by atoms with Gasteiger partial charge in [-0.15, -0.1) is 0 Å². The fraction of sp³-hybridized carbons (Fsp3) is 0.278. The van der Waals surface area contributed by atoms with Gasteiger partial charge in [0, 0.05) is 12.6 Å². The van der Waals surface area contributed by atoms with Crippen LogP contribution in [0.2, 0.25) is 0 Å². The molecule has 0 fully saturated rings. The largest absolute Gasteiger partial charge is 0.497 e. The van der Waals surface area contributed by atoms with Gasteiger partial charge in [0.15, 0.2) is 0 Å². The molecule has 0 atom stereocenters. The van der Waals surface area contributed by atoms with Crippen molar-refractivity contribution in [3.8, 4) is 17.2 Å². The highest BCUT2D eigenvalue weighted by atomic mass is 16.5. The van der Waals surface area contributed by atoms with Gasteiger partial charge in [0.05, 0.1) is 26.5 Å². The monoisotopic (exact) mass is 330 g/mol. The second-order valence-corrected chi connectivity index (χ2v) is 4.96. The van der Waals surface area contributed by atoms with E-state index < -0.39 is 0 Å². The molecule has 0 aliphatic heterocycles. The zero-order chi connectivity index (χ0) is 17.2. The zero-order valence-electron chi connectivity index (χ0n) is 13.9. The van der Waals surface area contributed by atoms with Crippen molar-refractivity contribution >= 4 is 11.7 Å². The number of benzene rings is 2. The molecular weight excluding hydrogens is 308 g/mol. The van der Waals surface area contributed by atoms with Gasteiger partial charge in [-0.05, 0) is 30.7 Å². The number of methoxy groups -OCH3 is 2. The van der Waals surface area contributed by atoms with Crippen LogP contribution in [0.25, 0.3) is 0 Å². The molecule has 2 aromatic rings. The Labute approximate surface area is 141 Å². The maximum Gasteiger partial charge on any atom is 0.319 e. The Kier molecular flexibility index (Phi) is 6.76. The Morgan fingerprint density at radius 3 is 2.50 bits per heavy atom. The summed E-state index contributed by atoms with van der Waals surface area (Å²) in [6.07, 6.45) is 0.706. The standard InChI is InChI=1S/C18H22N2O4/c1-22-15-9-10-17(23-2)16(13-15)20-18(21)19-11-6-12-24-14-7-4-3-5-8-14/h3-5,7-10,13H,6,11-12H2,1-2H3,(H2,19,20,21). The van der Waals surface area contributed by atoms with E-state index in [1.807, 2.05) is 30.3 Å². The van der Waals surface area contributed by atoms with Crippen molar-refractivity contribution in [1.82, 2.24) is 5.32 Å². The van der Waals surface area contributed by atoms with E-state index in [9.17, 15) is 4.79 Å². The van der Waals surface area contributed by atoms with Gasteiger partial charge >= 0.3 is 6.03 Å². The number of hydrogen-bond donors (Lipinski definition) is 2. The van der Waals surface area contributed by atoms with Crippen LogP contribution in [0, 0.1) is 0 Å². The number of carbonyl (C=O) groups excluding carboxylic acids is 1. The predicted molar refractivity (Wildman–Crippen MR) is 93.1 cm³/mol. The molecule has 2 rings (SSSR count). The fourth-order valence-electron chi connectivity index (χ4n) is 2.06. The highest BCUT2D eigenvalue weighted by molar-refractivity contribution is 5.91. The molecule has 0 bridgehead atoms. The summed E-state index contributed by atoms with van der Waals surface area (Å²) in [4.78, 5) is 12.0. The molecule has 0 aromatic heterocycles. The number of nitrogens with one attached hydrogen (secondary N) is 2. The van der Waals surface area contributed by atoms with Gasteiger partial charge in [-0.3, -0.25) is 0 Å². The lowest BCUT2D eigenvalue weighted by molar-refractivity contribution is 0.250. The van der Waals surface area contributed by atoms with Crippen LogP contribution in [0.4, 0.5) is 10.5 Å². The molecule has 0 heterocycles. The molecule has 2 N–H and O–H groups in total. The van der Waals surface area contributed by atoms with Gasteiger partial charge in [0.1, 0.15) is 17.2 Å². The Morgan fingerprint density at radius 2 is 1.79 bits per heavy atom. The molecule has 2 amide bonds. The number of urea groups is 1. The lowest BCUT2D eigenvalue weighted by Crippen LogP contribution is -2.30. The number of hydrogen-bond acceptors (Lipinski definition) is 4. The molecule has 2 aromatic carbocycles. The van der Waals surface area contributed by atoms with Crippen LogP contribution < -0.4 is 24.8 Å². The maximum atomic E-state index is 12.0. The number of anilines is 1. The first-order valence-corrected chi connectivity index (χ1v) is 7.67. The SMILES string of the molecule is COc1ccc(OC)c(NC(=O)NCCCOc2ccccc2)c1. The van der Waals surface area contributed by atoms with Gasteiger partial charge in [0.2, 0.25) is 0 Å². The van der Waals surface area contributed by atoms with Crippen LogP contribution in [0.5, 0.6) is 17.2 Å². The third-order valence-corrected chi connectivity index (χ3v) is 3.27. The van der Waals surface area contributed by atoms with Crippen molar-refractivity contribution in [1.29, 1.82) is 0 Å². The minimum atomic E-state index is -0.304. The van der Waals surface area contributed by atoms with Crippen molar-refractivity contribution < 1.29 is 19.0 Å². The predicted octanol–water partition coefficient (Wildman–Crippen LogP) is 3.29. The number of ether oxygens (including phenoxy) is 3. The summed E-state index contributed by atoms with van der Waals surface area (Å²) in [7, 11) is 3.12.